The van der Waals surface area contributed by atoms with Gasteiger partial charge in [0.2, 0.25) is 0 Å². The molecule has 1 aliphatic heterocycles. The molecular weight excluding hydrogens is 232 g/mol. The number of piperazine rings is 1. The summed E-state index contributed by atoms with van der Waals surface area (Å²) in [5.74, 6) is 1.65. The highest BCUT2D eigenvalue weighted by Crippen LogP contribution is 2.15. The Labute approximate surface area is 106 Å². The van der Waals surface area contributed by atoms with E-state index in [2.05, 4.69) is 22.0 Å². The van der Waals surface area contributed by atoms with Crippen LogP contribution in [0.2, 0.25) is 0 Å². The number of rotatable bonds is 3. The number of hydrogen-bond donors (Lipinski definition) is 1. The Hall–Kier alpha value is -1.98. The number of amides is 2. The fraction of sp³-hybridized carbons (Fsp3) is 0.500. The Bertz CT molecular complexity index is 421. The zero-order valence-corrected chi connectivity index (χ0v) is 10.6. The topological polar surface area (TPSA) is 61.6 Å². The van der Waals surface area contributed by atoms with Gasteiger partial charge in [-0.1, -0.05) is 11.2 Å². The van der Waals surface area contributed by atoms with Crippen LogP contribution >= 0.6 is 0 Å². The molecule has 1 N–H and O–H groups in total. The largest absolute Gasteiger partial charge is 0.360 e. The van der Waals surface area contributed by atoms with Gasteiger partial charge in [0, 0.05) is 38.8 Å². The van der Waals surface area contributed by atoms with Crippen LogP contribution in [-0.4, -0.2) is 48.8 Å². The van der Waals surface area contributed by atoms with Gasteiger partial charge in [0.25, 0.3) is 0 Å². The smallest absolute Gasteiger partial charge is 0.317 e. The highest BCUT2D eigenvalue weighted by Gasteiger charge is 2.22. The van der Waals surface area contributed by atoms with Crippen LogP contribution < -0.4 is 10.2 Å². The van der Waals surface area contributed by atoms with Gasteiger partial charge in [-0.3, -0.25) is 0 Å². The summed E-state index contributed by atoms with van der Waals surface area (Å²) in [6, 6.07) is 1.87. The van der Waals surface area contributed by atoms with Crippen molar-refractivity contribution < 1.29 is 9.32 Å². The summed E-state index contributed by atoms with van der Waals surface area (Å²) in [5.41, 5.74) is 0. The summed E-state index contributed by atoms with van der Waals surface area (Å²) < 4.78 is 5.05. The molecule has 0 saturated carbocycles. The lowest BCUT2D eigenvalue weighted by molar-refractivity contribution is 0.195. The van der Waals surface area contributed by atoms with E-state index in [1.165, 1.54) is 0 Å². The summed E-state index contributed by atoms with van der Waals surface area (Å²) in [6.45, 7) is 8.87. The van der Waals surface area contributed by atoms with Crippen LogP contribution in [0.5, 0.6) is 0 Å². The van der Waals surface area contributed by atoms with E-state index in [9.17, 15) is 4.79 Å². The molecule has 1 saturated heterocycles. The van der Waals surface area contributed by atoms with Crippen molar-refractivity contribution in [2.75, 3.05) is 37.6 Å². The Morgan fingerprint density at radius 2 is 2.28 bits per heavy atom. The lowest BCUT2D eigenvalue weighted by Crippen LogP contribution is -2.52. The third-order valence-corrected chi connectivity index (χ3v) is 2.90. The van der Waals surface area contributed by atoms with Crippen molar-refractivity contribution in [2.45, 2.75) is 6.92 Å². The number of urea groups is 1. The lowest BCUT2D eigenvalue weighted by Gasteiger charge is -2.34. The molecule has 0 atom stereocenters. The van der Waals surface area contributed by atoms with Crippen molar-refractivity contribution in [2.24, 2.45) is 0 Å². The quantitative estimate of drug-likeness (QED) is 0.813. The van der Waals surface area contributed by atoms with Gasteiger partial charge in [0.15, 0.2) is 5.82 Å². The van der Waals surface area contributed by atoms with Crippen LogP contribution in [0.1, 0.15) is 5.76 Å². The minimum Gasteiger partial charge on any atom is -0.360 e. The molecule has 1 aromatic heterocycles. The Balaban J connectivity index is 1.84. The average molecular weight is 250 g/mol. The second-order valence-electron chi connectivity index (χ2n) is 4.24. The van der Waals surface area contributed by atoms with Crippen LogP contribution in [-0.2, 0) is 0 Å². The summed E-state index contributed by atoms with van der Waals surface area (Å²) in [5, 5.41) is 6.75. The van der Waals surface area contributed by atoms with E-state index in [1.54, 1.807) is 11.0 Å². The summed E-state index contributed by atoms with van der Waals surface area (Å²) in [6.07, 6.45) is 1.67. The van der Waals surface area contributed by atoms with Crippen molar-refractivity contribution in [1.82, 2.24) is 15.4 Å². The predicted octanol–water partition coefficient (Wildman–Crippen LogP) is 1.00. The molecule has 2 rings (SSSR count). The molecule has 0 aromatic carbocycles. The van der Waals surface area contributed by atoms with E-state index in [1.807, 2.05) is 13.0 Å². The van der Waals surface area contributed by atoms with Crippen LogP contribution in [0.3, 0.4) is 0 Å². The maximum Gasteiger partial charge on any atom is 0.317 e. The van der Waals surface area contributed by atoms with Crippen LogP contribution in [0, 0.1) is 6.92 Å². The maximum atomic E-state index is 11.7. The van der Waals surface area contributed by atoms with Gasteiger partial charge in [-0.05, 0) is 6.92 Å². The molecule has 0 aliphatic carbocycles. The van der Waals surface area contributed by atoms with Crippen LogP contribution in [0.4, 0.5) is 10.6 Å². The molecule has 0 bridgehead atoms. The van der Waals surface area contributed by atoms with Crippen LogP contribution in [0.25, 0.3) is 0 Å². The number of aryl methyl sites for hydroxylation is 1. The summed E-state index contributed by atoms with van der Waals surface area (Å²) in [4.78, 5) is 15.6. The first-order chi connectivity index (χ1) is 8.70. The molecule has 1 aromatic rings. The molecule has 2 heterocycles. The van der Waals surface area contributed by atoms with Crippen molar-refractivity contribution in [1.29, 1.82) is 0 Å². The Kier molecular flexibility index (Phi) is 3.86. The number of nitrogens with one attached hydrogen (secondary N) is 1. The van der Waals surface area contributed by atoms with Gasteiger partial charge in [0.1, 0.15) is 5.76 Å². The molecular formula is C12H18N4O2. The van der Waals surface area contributed by atoms with Crippen molar-refractivity contribution in [3.05, 3.63) is 24.5 Å². The number of nitrogens with zero attached hydrogens (tertiary/aromatic N) is 3. The second kappa shape index (κ2) is 5.57. The fourth-order valence-electron chi connectivity index (χ4n) is 1.91. The molecule has 18 heavy (non-hydrogen) atoms. The number of hydrogen-bond acceptors (Lipinski definition) is 4. The zero-order chi connectivity index (χ0) is 13.0. The number of carbonyl (C=O) groups is 1. The summed E-state index contributed by atoms with van der Waals surface area (Å²) >= 11 is 0. The fourth-order valence-corrected chi connectivity index (χ4v) is 1.91. The molecule has 1 aliphatic rings. The molecule has 2 amide bonds. The maximum absolute atomic E-state index is 11.7. The molecule has 6 nitrogen and oxygen atoms in total. The minimum atomic E-state index is -0.0362. The van der Waals surface area contributed by atoms with Crippen molar-refractivity contribution in [3.63, 3.8) is 0 Å². The molecule has 6 heteroatoms. The van der Waals surface area contributed by atoms with Crippen molar-refractivity contribution in [3.8, 4) is 0 Å². The van der Waals surface area contributed by atoms with Crippen LogP contribution in [0.15, 0.2) is 23.2 Å². The van der Waals surface area contributed by atoms with Crippen molar-refractivity contribution >= 4 is 11.8 Å². The molecule has 0 spiro atoms. The SMILES string of the molecule is C=CCNC(=O)N1CCN(c2cc(C)on2)CC1. The minimum absolute atomic E-state index is 0.0362. The van der Waals surface area contributed by atoms with E-state index in [-0.39, 0.29) is 6.03 Å². The standard InChI is InChI=1S/C12H18N4O2/c1-3-4-13-12(17)16-7-5-15(6-8-16)11-9-10(2)18-14-11/h3,9H,1,4-8H2,2H3,(H,13,17). The Morgan fingerprint density at radius 3 is 2.83 bits per heavy atom. The predicted molar refractivity (Wildman–Crippen MR) is 68.6 cm³/mol. The number of aromatic nitrogens is 1. The third kappa shape index (κ3) is 2.82. The van der Waals surface area contributed by atoms with E-state index in [0.717, 1.165) is 24.7 Å². The average Bonchev–Trinajstić information content (AvgIpc) is 2.83. The zero-order valence-electron chi connectivity index (χ0n) is 10.6. The molecule has 0 radical (unpaired) electrons. The molecule has 98 valence electrons. The monoisotopic (exact) mass is 250 g/mol. The number of carbonyl (C=O) groups excluding carboxylic acids is 1. The highest BCUT2D eigenvalue weighted by atomic mass is 16.5. The van der Waals surface area contributed by atoms with E-state index in [0.29, 0.717) is 19.6 Å². The molecule has 0 unspecified atom stereocenters. The third-order valence-electron chi connectivity index (χ3n) is 2.90. The Morgan fingerprint density at radius 1 is 1.56 bits per heavy atom. The normalized spacial score (nSPS) is 15.6. The second-order valence-corrected chi connectivity index (χ2v) is 4.24. The summed E-state index contributed by atoms with van der Waals surface area (Å²) in [7, 11) is 0. The first kappa shape index (κ1) is 12.5. The van der Waals surface area contributed by atoms with Gasteiger partial charge >= 0.3 is 6.03 Å². The van der Waals surface area contributed by atoms with Gasteiger partial charge in [-0.25, -0.2) is 4.79 Å². The van der Waals surface area contributed by atoms with E-state index in [4.69, 9.17) is 4.52 Å². The lowest BCUT2D eigenvalue weighted by atomic mass is 10.3. The first-order valence-electron chi connectivity index (χ1n) is 6.02. The van der Waals surface area contributed by atoms with Gasteiger partial charge in [-0.15, -0.1) is 6.58 Å². The van der Waals surface area contributed by atoms with Gasteiger partial charge in [0.05, 0.1) is 0 Å². The van der Waals surface area contributed by atoms with E-state index >= 15 is 0 Å². The van der Waals surface area contributed by atoms with Gasteiger partial charge in [-0.2, -0.15) is 0 Å². The highest BCUT2D eigenvalue weighted by molar-refractivity contribution is 5.74. The number of anilines is 1. The molecule has 1 fully saturated rings. The first-order valence-corrected chi connectivity index (χ1v) is 6.02. The van der Waals surface area contributed by atoms with E-state index < -0.39 is 0 Å². The van der Waals surface area contributed by atoms with Gasteiger partial charge < -0.3 is 19.6 Å².